The van der Waals surface area contributed by atoms with Crippen LogP contribution in [0.5, 0.6) is 17.2 Å². The second-order valence-electron chi connectivity index (χ2n) is 5.21. The molecule has 0 saturated heterocycles. The van der Waals surface area contributed by atoms with E-state index >= 15 is 0 Å². The Morgan fingerprint density at radius 1 is 1.04 bits per heavy atom. The Labute approximate surface area is 144 Å². The van der Waals surface area contributed by atoms with Gasteiger partial charge in [-0.05, 0) is 19.9 Å². The van der Waals surface area contributed by atoms with Gasteiger partial charge in [-0.15, -0.1) is 0 Å². The lowest BCUT2D eigenvalue weighted by atomic mass is 10.1. The highest BCUT2D eigenvalue weighted by Crippen LogP contribution is 2.34. The first-order chi connectivity index (χ1) is 11.6. The molecule has 136 valence electrons. The Bertz CT molecular complexity index is 535. The van der Waals surface area contributed by atoms with E-state index in [1.165, 1.54) is 0 Å². The molecule has 1 aromatic carbocycles. The molecular weight excluding hydrogens is 310 g/mol. The molecule has 7 nitrogen and oxygen atoms in total. The molecule has 0 aliphatic rings. The van der Waals surface area contributed by atoms with E-state index in [1.807, 2.05) is 19.9 Å². The summed E-state index contributed by atoms with van der Waals surface area (Å²) in [5, 5.41) is 6.51. The average molecular weight is 339 g/mol. The number of aliphatic imine (C=N–C) groups is 1. The average Bonchev–Trinajstić information content (AvgIpc) is 2.59. The van der Waals surface area contributed by atoms with E-state index in [-0.39, 0.29) is 6.04 Å². The Morgan fingerprint density at radius 2 is 1.67 bits per heavy atom. The smallest absolute Gasteiger partial charge is 0.191 e. The van der Waals surface area contributed by atoms with Crippen LogP contribution in [-0.2, 0) is 11.3 Å². The summed E-state index contributed by atoms with van der Waals surface area (Å²) in [6.07, 6.45) is 0. The van der Waals surface area contributed by atoms with Gasteiger partial charge in [0.2, 0.25) is 0 Å². The van der Waals surface area contributed by atoms with Gasteiger partial charge < -0.3 is 29.6 Å². The quantitative estimate of drug-likeness (QED) is 0.528. The minimum atomic E-state index is 0.153. The van der Waals surface area contributed by atoms with Gasteiger partial charge in [-0.25, -0.2) is 4.99 Å². The predicted molar refractivity (Wildman–Crippen MR) is 95.4 cm³/mol. The molecule has 7 heteroatoms. The zero-order chi connectivity index (χ0) is 17.9. The lowest BCUT2D eigenvalue weighted by Crippen LogP contribution is -2.43. The van der Waals surface area contributed by atoms with E-state index in [1.54, 1.807) is 34.5 Å². The molecule has 0 radical (unpaired) electrons. The molecule has 0 aliphatic heterocycles. The van der Waals surface area contributed by atoms with Gasteiger partial charge in [0.15, 0.2) is 17.5 Å². The van der Waals surface area contributed by atoms with Gasteiger partial charge in [-0.2, -0.15) is 0 Å². The maximum atomic E-state index is 5.43. The molecule has 0 bridgehead atoms. The van der Waals surface area contributed by atoms with Crippen LogP contribution in [-0.4, -0.2) is 53.6 Å². The van der Waals surface area contributed by atoms with E-state index < -0.39 is 0 Å². The summed E-state index contributed by atoms with van der Waals surface area (Å²) >= 11 is 0. The molecule has 1 aromatic rings. The number of methoxy groups -OCH3 is 4. The van der Waals surface area contributed by atoms with Crippen LogP contribution >= 0.6 is 0 Å². The lowest BCUT2D eigenvalue weighted by Gasteiger charge is -2.17. The summed E-state index contributed by atoms with van der Waals surface area (Å²) in [7, 11) is 6.50. The van der Waals surface area contributed by atoms with Gasteiger partial charge in [0, 0.05) is 31.3 Å². The van der Waals surface area contributed by atoms with Crippen LogP contribution in [0.2, 0.25) is 0 Å². The zero-order valence-corrected chi connectivity index (χ0v) is 15.4. The molecule has 1 atom stereocenters. The summed E-state index contributed by atoms with van der Waals surface area (Å²) in [6, 6.07) is 3.83. The van der Waals surface area contributed by atoms with Gasteiger partial charge in [0.1, 0.15) is 5.75 Å². The fourth-order valence-corrected chi connectivity index (χ4v) is 2.23. The Hall–Kier alpha value is -2.15. The number of rotatable bonds is 9. The third-order valence-corrected chi connectivity index (χ3v) is 3.34. The predicted octanol–water partition coefficient (Wildman–Crippen LogP) is 1.80. The van der Waals surface area contributed by atoms with Crippen molar-refractivity contribution in [3.8, 4) is 17.2 Å². The normalized spacial score (nSPS) is 12.5. The van der Waals surface area contributed by atoms with Gasteiger partial charge in [-0.3, -0.25) is 0 Å². The molecule has 1 unspecified atom stereocenters. The molecule has 0 aromatic heterocycles. The van der Waals surface area contributed by atoms with Crippen LogP contribution < -0.4 is 24.8 Å². The minimum Gasteiger partial charge on any atom is -0.496 e. The monoisotopic (exact) mass is 339 g/mol. The van der Waals surface area contributed by atoms with E-state index in [4.69, 9.17) is 18.9 Å². The topological polar surface area (TPSA) is 73.3 Å². The fourth-order valence-electron chi connectivity index (χ4n) is 2.23. The third-order valence-electron chi connectivity index (χ3n) is 3.34. The summed E-state index contributed by atoms with van der Waals surface area (Å²) in [5.41, 5.74) is 0.909. The van der Waals surface area contributed by atoms with Crippen molar-refractivity contribution in [1.82, 2.24) is 10.6 Å². The first-order valence-corrected chi connectivity index (χ1v) is 7.92. The maximum Gasteiger partial charge on any atom is 0.191 e. The lowest BCUT2D eigenvalue weighted by molar-refractivity contribution is 0.179. The zero-order valence-electron chi connectivity index (χ0n) is 15.4. The number of nitrogens with zero attached hydrogens (tertiary/aromatic N) is 1. The fraction of sp³-hybridized carbons (Fsp3) is 0.588. The number of hydrogen-bond donors (Lipinski definition) is 2. The highest BCUT2D eigenvalue weighted by atomic mass is 16.5. The SMILES string of the molecule is CCNC(=NCc1cc(OC)c(OC)cc1OC)NC(C)COC. The van der Waals surface area contributed by atoms with Gasteiger partial charge in [0.25, 0.3) is 0 Å². The van der Waals surface area contributed by atoms with Crippen molar-refractivity contribution in [2.75, 3.05) is 41.6 Å². The number of benzene rings is 1. The molecule has 24 heavy (non-hydrogen) atoms. The minimum absolute atomic E-state index is 0.153. The highest BCUT2D eigenvalue weighted by Gasteiger charge is 2.12. The first kappa shape index (κ1) is 19.9. The van der Waals surface area contributed by atoms with Crippen LogP contribution in [0.25, 0.3) is 0 Å². The van der Waals surface area contributed by atoms with E-state index in [0.29, 0.717) is 30.4 Å². The summed E-state index contributed by atoms with van der Waals surface area (Å²) in [5.74, 6) is 2.70. The standard InChI is InChI=1S/C17H29N3O4/c1-7-18-17(20-12(2)11-21-3)19-10-13-8-15(23-5)16(24-6)9-14(13)22-4/h8-9,12H,7,10-11H2,1-6H3,(H2,18,19,20). The van der Waals surface area contributed by atoms with Crippen molar-refractivity contribution in [2.24, 2.45) is 4.99 Å². The first-order valence-electron chi connectivity index (χ1n) is 7.92. The van der Waals surface area contributed by atoms with Crippen LogP contribution in [0, 0.1) is 0 Å². The molecule has 2 N–H and O–H groups in total. The molecule has 0 aliphatic carbocycles. The second-order valence-corrected chi connectivity index (χ2v) is 5.21. The molecule has 0 saturated carbocycles. The van der Waals surface area contributed by atoms with Crippen LogP contribution in [0.1, 0.15) is 19.4 Å². The molecule has 0 amide bonds. The summed E-state index contributed by atoms with van der Waals surface area (Å²) < 4.78 is 21.2. The third kappa shape index (κ3) is 5.81. The highest BCUT2D eigenvalue weighted by molar-refractivity contribution is 5.80. The van der Waals surface area contributed by atoms with E-state index in [0.717, 1.165) is 18.1 Å². The van der Waals surface area contributed by atoms with Crippen molar-refractivity contribution in [2.45, 2.75) is 26.4 Å². The summed E-state index contributed by atoms with van der Waals surface area (Å²) in [6.45, 7) is 5.87. The van der Waals surface area contributed by atoms with E-state index in [9.17, 15) is 0 Å². The van der Waals surface area contributed by atoms with Crippen LogP contribution in [0.3, 0.4) is 0 Å². The number of hydrogen-bond acceptors (Lipinski definition) is 5. The van der Waals surface area contributed by atoms with Crippen LogP contribution in [0.15, 0.2) is 17.1 Å². The molecule has 0 heterocycles. The van der Waals surface area contributed by atoms with Crippen molar-refractivity contribution in [3.63, 3.8) is 0 Å². The second kappa shape index (κ2) is 10.6. The number of ether oxygens (including phenoxy) is 4. The number of nitrogens with one attached hydrogen (secondary N) is 2. The Morgan fingerprint density at radius 3 is 2.21 bits per heavy atom. The molecular formula is C17H29N3O4. The van der Waals surface area contributed by atoms with Crippen molar-refractivity contribution >= 4 is 5.96 Å². The van der Waals surface area contributed by atoms with Crippen molar-refractivity contribution < 1.29 is 18.9 Å². The Balaban J connectivity index is 2.98. The molecule has 0 fully saturated rings. The molecule has 1 rings (SSSR count). The van der Waals surface area contributed by atoms with Crippen molar-refractivity contribution in [1.29, 1.82) is 0 Å². The number of guanidine groups is 1. The molecule has 0 spiro atoms. The van der Waals surface area contributed by atoms with Crippen molar-refractivity contribution in [3.05, 3.63) is 17.7 Å². The summed E-state index contributed by atoms with van der Waals surface area (Å²) in [4.78, 5) is 4.61. The van der Waals surface area contributed by atoms with Gasteiger partial charge >= 0.3 is 0 Å². The van der Waals surface area contributed by atoms with Gasteiger partial charge in [0.05, 0.1) is 34.5 Å². The van der Waals surface area contributed by atoms with E-state index in [2.05, 4.69) is 15.6 Å². The van der Waals surface area contributed by atoms with Gasteiger partial charge in [-0.1, -0.05) is 0 Å². The largest absolute Gasteiger partial charge is 0.496 e. The maximum absolute atomic E-state index is 5.43. The van der Waals surface area contributed by atoms with Crippen LogP contribution in [0.4, 0.5) is 0 Å². The Kier molecular flexibility index (Phi) is 8.78.